The zero-order chi connectivity index (χ0) is 49.5. The van der Waals surface area contributed by atoms with Crippen molar-refractivity contribution in [3.63, 3.8) is 0 Å². The summed E-state index contributed by atoms with van der Waals surface area (Å²) >= 11 is 0. The van der Waals surface area contributed by atoms with Crippen molar-refractivity contribution >= 4 is 43.6 Å². The Hall–Kier alpha value is -9.62. The third-order valence-corrected chi connectivity index (χ3v) is 12.7. The normalized spacial score (nSPS) is 11.6. The van der Waals surface area contributed by atoms with Crippen molar-refractivity contribution in [2.24, 2.45) is 0 Å². The second-order valence-corrected chi connectivity index (χ2v) is 17.8. The summed E-state index contributed by atoms with van der Waals surface area (Å²) in [6, 6.07) is 35.3. The fourth-order valence-electron chi connectivity index (χ4n) is 9.95. The maximum atomic E-state index is 10.9. The monoisotopic (exact) mass is 938 g/mol. The molecule has 16 heteroatoms. The smallest absolute Gasteiger partial charge is 0.163 e. The second-order valence-electron chi connectivity index (χ2n) is 17.8. The lowest BCUT2D eigenvalue weighted by molar-refractivity contribution is 0.928. The molecular formula is C56H42N16. The highest BCUT2D eigenvalue weighted by Crippen LogP contribution is 2.44. The van der Waals surface area contributed by atoms with Gasteiger partial charge in [-0.1, -0.05) is 18.2 Å². The predicted octanol–water partition coefficient (Wildman–Crippen LogP) is 10.7. The highest BCUT2D eigenvalue weighted by atomic mass is 15.1. The van der Waals surface area contributed by atoms with Gasteiger partial charge in [-0.15, -0.1) is 0 Å². The molecule has 0 saturated carbocycles. The molecule has 12 aromatic rings. The molecule has 16 nitrogen and oxygen atoms in total. The quantitative estimate of drug-likeness (QED) is 0.146. The van der Waals surface area contributed by atoms with Crippen molar-refractivity contribution in [1.82, 2.24) is 73.9 Å². The topological polar surface area (TPSA) is 201 Å². The van der Waals surface area contributed by atoms with Gasteiger partial charge in [0.2, 0.25) is 0 Å². The third-order valence-electron chi connectivity index (χ3n) is 12.7. The number of fused-ring (bicyclic) bond motifs is 6. The Bertz CT molecular complexity index is 3750. The zero-order valence-electron chi connectivity index (χ0n) is 40.5. The molecule has 7 aromatic heterocycles. The van der Waals surface area contributed by atoms with Gasteiger partial charge < -0.3 is 9.13 Å². The molecule has 12 rings (SSSR count). The van der Waals surface area contributed by atoms with E-state index in [0.29, 0.717) is 75.5 Å². The fraction of sp³-hybridized carbons (Fsp3) is 0.143. The van der Waals surface area contributed by atoms with Crippen LogP contribution < -0.4 is 0 Å². The highest BCUT2D eigenvalue weighted by molar-refractivity contribution is 6.14. The average molecular weight is 939 g/mol. The molecule has 0 amide bonds. The molecular weight excluding hydrogens is 897 g/mol. The van der Waals surface area contributed by atoms with Crippen molar-refractivity contribution < 1.29 is 0 Å². The number of rotatable bonds is 7. The number of pyridine rings is 1. The maximum absolute atomic E-state index is 10.9. The molecule has 0 unspecified atom stereocenters. The summed E-state index contributed by atoms with van der Waals surface area (Å²) in [7, 11) is 0. The van der Waals surface area contributed by atoms with E-state index in [9.17, 15) is 5.26 Å². The molecule has 0 N–H and O–H groups in total. The lowest BCUT2D eigenvalue weighted by Crippen LogP contribution is -2.06. The minimum absolute atomic E-state index is 0.504. The van der Waals surface area contributed by atoms with E-state index >= 15 is 0 Å². The summed E-state index contributed by atoms with van der Waals surface area (Å²) in [6.07, 6.45) is 3.76. The van der Waals surface area contributed by atoms with Crippen LogP contribution in [0.2, 0.25) is 0 Å². The molecule has 0 radical (unpaired) electrons. The maximum Gasteiger partial charge on any atom is 0.163 e. The third kappa shape index (κ3) is 7.42. The lowest BCUT2D eigenvalue weighted by Gasteiger charge is -2.20. The van der Waals surface area contributed by atoms with Gasteiger partial charge in [-0.05, 0) is 134 Å². The molecule has 0 spiro atoms. The van der Waals surface area contributed by atoms with Crippen LogP contribution in [0.5, 0.6) is 0 Å². The first-order valence-corrected chi connectivity index (χ1v) is 23.3. The number of nitriles is 1. The van der Waals surface area contributed by atoms with Crippen LogP contribution in [-0.2, 0) is 0 Å². The van der Waals surface area contributed by atoms with Crippen molar-refractivity contribution in [2.45, 2.75) is 55.4 Å². The molecule has 0 bridgehead atoms. The Morgan fingerprint density at radius 1 is 0.361 bits per heavy atom. The minimum Gasteiger partial charge on any atom is -0.307 e. The molecule has 72 heavy (non-hydrogen) atoms. The largest absolute Gasteiger partial charge is 0.307 e. The second kappa shape index (κ2) is 16.8. The Morgan fingerprint density at radius 2 is 0.653 bits per heavy atom. The van der Waals surface area contributed by atoms with Crippen molar-refractivity contribution in [2.75, 3.05) is 0 Å². The van der Waals surface area contributed by atoms with Gasteiger partial charge in [-0.25, -0.2) is 59.8 Å². The first-order valence-electron chi connectivity index (χ1n) is 23.3. The number of hydrogen-bond donors (Lipinski definition) is 0. The summed E-state index contributed by atoms with van der Waals surface area (Å²) in [6.45, 7) is 15.0. The molecule has 0 atom stereocenters. The van der Waals surface area contributed by atoms with E-state index in [1.165, 1.54) is 0 Å². The van der Waals surface area contributed by atoms with E-state index in [1.54, 1.807) is 0 Å². The number of benzene rings is 5. The average Bonchev–Trinajstić information content (AvgIpc) is 3.86. The van der Waals surface area contributed by atoms with Crippen molar-refractivity contribution in [3.05, 3.63) is 162 Å². The van der Waals surface area contributed by atoms with Gasteiger partial charge in [0, 0.05) is 54.9 Å². The van der Waals surface area contributed by atoms with Gasteiger partial charge in [0.05, 0.1) is 57.5 Å². The number of aryl methyl sites for hydroxylation is 8. The molecule has 0 aliphatic rings. The molecule has 0 aliphatic carbocycles. The summed E-state index contributed by atoms with van der Waals surface area (Å²) in [5.41, 5.74) is 10.5. The summed E-state index contributed by atoms with van der Waals surface area (Å²) in [4.78, 5) is 60.8. The molecule has 5 aromatic carbocycles. The van der Waals surface area contributed by atoms with E-state index in [-0.39, 0.29) is 0 Å². The lowest BCUT2D eigenvalue weighted by atomic mass is 9.97. The van der Waals surface area contributed by atoms with Crippen molar-refractivity contribution in [3.8, 4) is 74.1 Å². The van der Waals surface area contributed by atoms with Crippen LogP contribution in [0, 0.1) is 66.7 Å². The summed E-state index contributed by atoms with van der Waals surface area (Å²) in [5.74, 6) is 7.39. The van der Waals surface area contributed by atoms with E-state index in [1.807, 2.05) is 116 Å². The van der Waals surface area contributed by atoms with Gasteiger partial charge in [-0.3, -0.25) is 4.98 Å². The molecule has 7 heterocycles. The molecule has 0 aliphatic heterocycles. The highest BCUT2D eigenvalue weighted by Gasteiger charge is 2.26. The van der Waals surface area contributed by atoms with Crippen molar-refractivity contribution in [1.29, 1.82) is 5.26 Å². The number of hydrogen-bond acceptors (Lipinski definition) is 14. The predicted molar refractivity (Wildman–Crippen MR) is 276 cm³/mol. The molecule has 0 saturated heterocycles. The van der Waals surface area contributed by atoms with Crippen LogP contribution in [0.3, 0.4) is 0 Å². The van der Waals surface area contributed by atoms with E-state index in [4.69, 9.17) is 44.9 Å². The van der Waals surface area contributed by atoms with Crippen LogP contribution in [0.1, 0.15) is 52.2 Å². The fourth-order valence-corrected chi connectivity index (χ4v) is 9.95. The Morgan fingerprint density at radius 3 is 0.944 bits per heavy atom. The van der Waals surface area contributed by atoms with Crippen LogP contribution in [0.25, 0.3) is 112 Å². The van der Waals surface area contributed by atoms with Gasteiger partial charge in [0.15, 0.2) is 23.3 Å². The summed E-state index contributed by atoms with van der Waals surface area (Å²) < 4.78 is 4.46. The van der Waals surface area contributed by atoms with E-state index < -0.39 is 0 Å². The first-order chi connectivity index (χ1) is 34.9. The SMILES string of the molecule is Cc1nc(C)nc(-c2ccc3c(c2)c2cc(-c4nc(C)nc(C)n4)ccc2n3-c2cncc(-n3c4ccc(-c5nc(C)nc(C)n5)cc4c4cc(-c5nc(C)nc(C)n5)ccc43)c2-c2ccccc2C#N)n1. The van der Waals surface area contributed by atoms with Gasteiger partial charge >= 0.3 is 0 Å². The Labute approximate surface area is 412 Å². The zero-order valence-corrected chi connectivity index (χ0v) is 40.5. The number of nitrogens with zero attached hydrogens (tertiary/aromatic N) is 16. The van der Waals surface area contributed by atoms with Crippen LogP contribution >= 0.6 is 0 Å². The van der Waals surface area contributed by atoms with Gasteiger partial charge in [0.1, 0.15) is 46.6 Å². The molecule has 346 valence electrons. The molecule has 0 fully saturated rings. The Balaban J connectivity index is 1.18. The first kappa shape index (κ1) is 43.6. The van der Waals surface area contributed by atoms with Crippen LogP contribution in [0.15, 0.2) is 109 Å². The standard InChI is InChI=1S/C56H42N16/c1-28-59-29(2)64-53(63-28)36-13-17-46-42(21-36)43-22-37(54-65-30(3)60-31(4)66-54)14-18-47(43)71(46)50-26-58-27-51(52(50)41-12-10-9-11-40(41)25-57)72-48-19-15-38(55-67-32(5)61-33(6)68-55)23-44(48)45-24-39(16-20-49(45)72)56-69-34(7)62-35(8)70-56/h9-24,26-27H,1-8H3. The van der Waals surface area contributed by atoms with Gasteiger partial charge in [-0.2, -0.15) is 5.26 Å². The minimum atomic E-state index is 0.504. The van der Waals surface area contributed by atoms with E-state index in [2.05, 4.69) is 83.7 Å². The number of aromatic nitrogens is 15. The van der Waals surface area contributed by atoms with Crippen LogP contribution in [-0.4, -0.2) is 73.9 Å². The summed E-state index contributed by atoms with van der Waals surface area (Å²) in [5, 5.41) is 14.6. The van der Waals surface area contributed by atoms with Gasteiger partial charge in [0.25, 0.3) is 0 Å². The van der Waals surface area contributed by atoms with Crippen LogP contribution in [0.4, 0.5) is 0 Å². The Kier molecular flexibility index (Phi) is 10.2. The van der Waals surface area contributed by atoms with E-state index in [0.717, 1.165) is 88.4 Å².